The second kappa shape index (κ2) is 68.0. The average Bonchev–Trinajstić information content (AvgIpc) is 3.05. The summed E-state index contributed by atoms with van der Waals surface area (Å²) in [5, 5.41) is 6.76. The Balaban J connectivity index is -0.0000000691. The van der Waals surface area contributed by atoms with Gasteiger partial charge in [0.15, 0.2) is 0 Å². The molecule has 0 amide bonds. The first kappa shape index (κ1) is 65.4. The Morgan fingerprint density at radius 1 is 0.521 bits per heavy atom. The van der Waals surface area contributed by atoms with Gasteiger partial charge in [0.05, 0.1) is 64.7 Å². The Labute approximate surface area is 306 Å². The number of likely N-dealkylation sites (N-methyl/N-ethyl adjacent to an activating group) is 4. The fraction of sp³-hybridized carbons (Fsp3) is 0.933. The quantitative estimate of drug-likeness (QED) is 0.0654. The summed E-state index contributed by atoms with van der Waals surface area (Å²) in [6, 6.07) is 0. The van der Waals surface area contributed by atoms with Crippen LogP contribution in [0.4, 0.5) is 0 Å². The van der Waals surface area contributed by atoms with Crippen LogP contribution in [0.1, 0.15) is 0 Å². The highest BCUT2D eigenvalue weighted by Gasteiger charge is 1.99. The van der Waals surface area contributed by atoms with Crippen molar-refractivity contribution in [3.8, 4) is 0 Å². The van der Waals surface area contributed by atoms with Crippen LogP contribution in [0.3, 0.4) is 0 Å². The summed E-state index contributed by atoms with van der Waals surface area (Å²) < 4.78 is 39.3. The first-order valence-electron chi connectivity index (χ1n) is 14.9. The Morgan fingerprint density at radius 3 is 0.792 bits per heavy atom. The van der Waals surface area contributed by atoms with E-state index in [-0.39, 0.29) is 33.1 Å². The van der Waals surface area contributed by atoms with E-state index in [1.165, 1.54) is 4.90 Å². The maximum absolute atomic E-state index is 8.24. The molecule has 0 aliphatic rings. The van der Waals surface area contributed by atoms with Crippen LogP contribution in [0.15, 0.2) is 0 Å². The number of aliphatic hydroxyl groups excluding tert-OH is 1. The molecule has 0 spiro atoms. The second-order valence-electron chi connectivity index (χ2n) is 9.48. The van der Waals surface area contributed by atoms with Crippen LogP contribution in [0.25, 0.3) is 0 Å². The van der Waals surface area contributed by atoms with Gasteiger partial charge in [0.1, 0.15) is 13.1 Å². The maximum Gasteiger partial charge on any atom is 0.794 e. The van der Waals surface area contributed by atoms with Crippen molar-refractivity contribution in [2.75, 3.05) is 190 Å². The summed E-state index contributed by atoms with van der Waals surface area (Å²) in [6.07, 6.45) is 0.250. The molecule has 0 saturated heterocycles. The number of hydrogen-bond donors (Lipinski definition) is 2. The highest BCUT2D eigenvalue weighted by Crippen LogP contribution is 1.83. The van der Waals surface area contributed by atoms with E-state index in [0.29, 0.717) is 6.47 Å². The van der Waals surface area contributed by atoms with Crippen LogP contribution in [0, 0.1) is 0 Å². The van der Waals surface area contributed by atoms with Gasteiger partial charge in [-0.15, -0.1) is 0 Å². The molecular weight excluding hydrogens is 672 g/mol. The van der Waals surface area contributed by atoms with Gasteiger partial charge in [-0.1, -0.05) is 0 Å². The summed E-state index contributed by atoms with van der Waals surface area (Å²) in [5.74, 6) is 0. The lowest BCUT2D eigenvalue weighted by Gasteiger charge is -2.14. The molecule has 2 N–H and O–H groups in total. The lowest BCUT2D eigenvalue weighted by molar-refractivity contribution is -0.880. The van der Waals surface area contributed by atoms with Gasteiger partial charge >= 0.3 is 12.6 Å². The van der Waals surface area contributed by atoms with Crippen molar-refractivity contribution in [3.05, 3.63) is 0 Å². The second-order valence-corrected chi connectivity index (χ2v) is 9.48. The first-order chi connectivity index (χ1) is 22.1. The number of methoxy groups -OCH3 is 8. The molecule has 0 rings (SSSR count). The molecule has 296 valence electrons. The van der Waals surface area contributed by atoms with Crippen molar-refractivity contribution < 1.29 is 62.3 Å². The zero-order valence-corrected chi connectivity index (χ0v) is 33.9. The third-order valence-corrected chi connectivity index (χ3v) is 5.53. The molecule has 0 aromatic rings. The number of ether oxygens (including phenoxy) is 8. The van der Waals surface area contributed by atoms with Crippen LogP contribution in [-0.2, 0) is 65.8 Å². The topological polar surface area (TPSA) is 159 Å². The monoisotopic (exact) mass is 745 g/mol. The van der Waals surface area contributed by atoms with Gasteiger partial charge in [0, 0.05) is 96.1 Å². The van der Waals surface area contributed by atoms with Gasteiger partial charge in [-0.05, 0) is 21.1 Å². The number of hydrogen-bond acceptors (Lipinski definition) is 15. The molecule has 0 aromatic heterocycles. The van der Waals surface area contributed by atoms with Crippen LogP contribution in [-0.4, -0.2) is 223 Å². The summed E-state index contributed by atoms with van der Waals surface area (Å²) in [6.45, 7) is 14.9. The van der Waals surface area contributed by atoms with E-state index in [1.54, 1.807) is 56.9 Å². The number of thiol groups is 1. The van der Waals surface area contributed by atoms with Crippen LogP contribution in [0.5, 0.6) is 0 Å². The predicted octanol–water partition coefficient (Wildman–Crippen LogP) is -1.70. The Hall–Kier alpha value is -1.02. The number of nitrogens with zero attached hydrogens (tertiary/aromatic N) is 3. The summed E-state index contributed by atoms with van der Waals surface area (Å²) in [7, 11) is 22.0. The molecule has 18 heteroatoms. The molecule has 0 bridgehead atoms. The molecule has 16 nitrogen and oxygen atoms in total. The molecule has 48 heavy (non-hydrogen) atoms. The number of rotatable bonds is 24. The molecule has 0 aromatic carbocycles. The summed E-state index contributed by atoms with van der Waals surface area (Å²) in [5.41, 5.74) is 0. The normalized spacial score (nSPS) is 9.33. The highest BCUT2D eigenvalue weighted by molar-refractivity contribution is 7.59. The third-order valence-electron chi connectivity index (χ3n) is 5.53. The Morgan fingerprint density at radius 2 is 0.667 bits per heavy atom. The molecule has 0 atom stereocenters. The molecule has 0 aliphatic carbocycles. The molecule has 0 unspecified atom stereocenters. The van der Waals surface area contributed by atoms with E-state index in [4.69, 9.17) is 57.4 Å². The fourth-order valence-electron chi connectivity index (χ4n) is 2.50. The average molecular weight is 746 g/mol. The molecule has 0 radical (unpaired) electrons. The van der Waals surface area contributed by atoms with Gasteiger partial charge in [0.2, 0.25) is 0 Å². The van der Waals surface area contributed by atoms with Crippen LogP contribution >= 0.6 is 13.5 Å². The van der Waals surface area contributed by atoms with Crippen LogP contribution in [0.2, 0.25) is 0 Å². The third kappa shape index (κ3) is 90.6. The minimum atomic E-state index is 0. The molecule has 0 aliphatic heterocycles. The van der Waals surface area contributed by atoms with E-state index in [9.17, 15) is 0 Å². The standard InChI is InChI=1S/4C7H17NO2.CHO2.CO2.2H2S/c4*1-8(4-6-9-2)5-7-10-3;2*2-1-3;;/h4*4-7H2,1-3H3;(H,2,3);;2*1H2/q;;;;+1;;;. The smallest absolute Gasteiger partial charge is 0.794 e. The Kier molecular flexibility index (Phi) is 92.6. The maximum atomic E-state index is 8.24. The van der Waals surface area contributed by atoms with Crippen molar-refractivity contribution in [2.45, 2.75) is 0 Å². The van der Waals surface area contributed by atoms with Gasteiger partial charge in [-0.25, -0.2) is 5.11 Å². The lowest BCUT2D eigenvalue weighted by Crippen LogP contribution is -3.10. The van der Waals surface area contributed by atoms with Gasteiger partial charge < -0.3 is 71.0 Å². The molecule has 0 saturated carbocycles. The highest BCUT2D eigenvalue weighted by atomic mass is 32.1. The van der Waals surface area contributed by atoms with E-state index in [1.807, 2.05) is 0 Å². The predicted molar refractivity (Wildman–Crippen MR) is 197 cm³/mol. The molecule has 0 fully saturated rings. The first-order valence-corrected chi connectivity index (χ1v) is 14.9. The summed E-state index contributed by atoms with van der Waals surface area (Å²) >= 11 is 0. The van der Waals surface area contributed by atoms with Gasteiger partial charge in [-0.2, -0.15) is 23.1 Å². The summed E-state index contributed by atoms with van der Waals surface area (Å²) in [4.78, 5) is 32.5. The largest absolute Gasteiger partial charge is 0.813 e. The van der Waals surface area contributed by atoms with E-state index >= 15 is 0 Å². The Bertz CT molecular complexity index is 446. The zero-order valence-electron chi connectivity index (χ0n) is 32.0. The van der Waals surface area contributed by atoms with Gasteiger partial charge in [0.25, 0.3) is 0 Å². The van der Waals surface area contributed by atoms with Crippen molar-refractivity contribution >= 4 is 39.6 Å². The van der Waals surface area contributed by atoms with E-state index < -0.39 is 0 Å². The van der Waals surface area contributed by atoms with E-state index in [2.05, 4.69) is 42.9 Å². The van der Waals surface area contributed by atoms with Crippen molar-refractivity contribution in [1.82, 2.24) is 14.7 Å². The van der Waals surface area contributed by atoms with Crippen molar-refractivity contribution in [2.24, 2.45) is 0 Å². The molecular formula is C30H73N4O12S2+. The minimum absolute atomic E-state index is 0. The SMILES string of the molecule is COCCN(C)CCOC.COCCN(C)CCOC.COCCN(C)CCOC.COCC[NH+](C)CCOC.O=C=O.O=[C+]O.S.[SH-]. The number of carbonyl (C=O) groups excluding carboxylic acids is 2. The minimum Gasteiger partial charge on any atom is -0.813 e. The van der Waals surface area contributed by atoms with Crippen molar-refractivity contribution in [3.63, 3.8) is 0 Å². The number of nitrogens with one attached hydrogen (secondary N) is 1. The fourth-order valence-corrected chi connectivity index (χ4v) is 2.50. The zero-order chi connectivity index (χ0) is 36.7. The molecule has 0 heterocycles. The van der Waals surface area contributed by atoms with Crippen LogP contribution < -0.4 is 4.90 Å². The van der Waals surface area contributed by atoms with Gasteiger partial charge in [-0.3, -0.25) is 0 Å². The van der Waals surface area contributed by atoms with E-state index in [0.717, 1.165) is 105 Å². The lowest BCUT2D eigenvalue weighted by atomic mass is 10.5. The number of quaternary nitrogens is 1. The van der Waals surface area contributed by atoms with Crippen molar-refractivity contribution in [1.29, 1.82) is 0 Å².